The summed E-state index contributed by atoms with van der Waals surface area (Å²) in [5.74, 6) is -1.89. The molecule has 0 fully saturated rings. The minimum absolute atomic E-state index is 0.151. The molecular weight excluding hydrogens is 176 g/mol. The number of hydrogen-bond donors (Lipinski definition) is 0. The fourth-order valence-electron chi connectivity index (χ4n) is 0.645. The highest BCUT2D eigenvalue weighted by molar-refractivity contribution is 5.81. The molecule has 0 radical (unpaired) electrons. The van der Waals surface area contributed by atoms with E-state index in [1.54, 1.807) is 0 Å². The Morgan fingerprint density at radius 2 is 1.77 bits per heavy atom. The first kappa shape index (κ1) is 12.1. The lowest BCUT2D eigenvalue weighted by Crippen LogP contribution is -2.41. The number of carbonyl (C=O) groups is 1. The molecule has 0 bridgehead atoms. The number of carbonyl (C=O) groups excluding carboxylic acids is 1. The first-order valence-electron chi connectivity index (χ1n) is 3.58. The molecule has 0 saturated heterocycles. The van der Waals surface area contributed by atoms with Crippen molar-refractivity contribution < 1.29 is 23.7 Å². The van der Waals surface area contributed by atoms with Crippen LogP contribution >= 0.6 is 0 Å². The van der Waals surface area contributed by atoms with E-state index in [2.05, 4.69) is 6.58 Å². The SMILES string of the molecule is C=CC(=O)OCC(OC)(OC)OC. The van der Waals surface area contributed by atoms with Gasteiger partial charge in [0.2, 0.25) is 0 Å². The largest absolute Gasteiger partial charge is 0.454 e. The maximum atomic E-state index is 10.7. The van der Waals surface area contributed by atoms with Crippen molar-refractivity contribution in [1.29, 1.82) is 0 Å². The topological polar surface area (TPSA) is 54.0 Å². The lowest BCUT2D eigenvalue weighted by Gasteiger charge is -2.27. The third-order valence-corrected chi connectivity index (χ3v) is 1.49. The third-order valence-electron chi connectivity index (χ3n) is 1.49. The van der Waals surface area contributed by atoms with Gasteiger partial charge in [-0.2, -0.15) is 0 Å². The smallest absolute Gasteiger partial charge is 0.330 e. The monoisotopic (exact) mass is 190 g/mol. The first-order valence-corrected chi connectivity index (χ1v) is 3.58. The molecule has 0 heterocycles. The zero-order valence-electron chi connectivity index (χ0n) is 8.03. The molecule has 5 heteroatoms. The molecular formula is C8H14O5. The van der Waals surface area contributed by atoms with Crippen molar-refractivity contribution in [1.82, 2.24) is 0 Å². The van der Waals surface area contributed by atoms with Crippen LogP contribution in [0.1, 0.15) is 0 Å². The standard InChI is InChI=1S/C8H14O5/c1-5-7(9)13-6-8(10-2,11-3)12-4/h5H,1,6H2,2-4H3. The molecule has 13 heavy (non-hydrogen) atoms. The van der Waals surface area contributed by atoms with E-state index in [1.807, 2.05) is 0 Å². The molecule has 0 rings (SSSR count). The van der Waals surface area contributed by atoms with E-state index < -0.39 is 11.9 Å². The molecule has 0 aliphatic rings. The summed E-state index contributed by atoms with van der Waals surface area (Å²) in [6.07, 6.45) is 1.05. The molecule has 0 N–H and O–H groups in total. The highest BCUT2D eigenvalue weighted by Crippen LogP contribution is 2.12. The number of esters is 1. The number of hydrogen-bond acceptors (Lipinski definition) is 5. The van der Waals surface area contributed by atoms with Crippen LogP contribution in [0.5, 0.6) is 0 Å². The molecule has 0 aromatic heterocycles. The van der Waals surface area contributed by atoms with Crippen molar-refractivity contribution >= 4 is 5.97 Å². The molecule has 0 amide bonds. The Hall–Kier alpha value is -0.910. The molecule has 0 unspecified atom stereocenters. The lowest BCUT2D eigenvalue weighted by molar-refractivity contribution is -0.364. The minimum Gasteiger partial charge on any atom is -0.454 e. The Morgan fingerprint density at radius 3 is 2.08 bits per heavy atom. The molecule has 0 aliphatic carbocycles. The van der Waals surface area contributed by atoms with Crippen LogP contribution in [0.2, 0.25) is 0 Å². The van der Waals surface area contributed by atoms with E-state index in [1.165, 1.54) is 21.3 Å². The Labute approximate surface area is 77.2 Å². The molecule has 5 nitrogen and oxygen atoms in total. The van der Waals surface area contributed by atoms with Gasteiger partial charge in [-0.15, -0.1) is 0 Å². The Kier molecular flexibility index (Phi) is 5.29. The van der Waals surface area contributed by atoms with Gasteiger partial charge in [0, 0.05) is 27.4 Å². The summed E-state index contributed by atoms with van der Waals surface area (Å²) < 4.78 is 19.3. The zero-order chi connectivity index (χ0) is 10.3. The average molecular weight is 190 g/mol. The quantitative estimate of drug-likeness (QED) is 0.343. The Balaban J connectivity index is 4.09. The third kappa shape index (κ3) is 3.54. The minimum atomic E-state index is -1.33. The van der Waals surface area contributed by atoms with Gasteiger partial charge in [0.05, 0.1) is 0 Å². The normalized spacial score (nSPS) is 11.0. The van der Waals surface area contributed by atoms with E-state index in [0.717, 1.165) is 6.08 Å². The Bertz CT molecular complexity index is 165. The molecule has 0 saturated carbocycles. The summed E-state index contributed by atoms with van der Waals surface area (Å²) >= 11 is 0. The fourth-order valence-corrected chi connectivity index (χ4v) is 0.645. The van der Waals surface area contributed by atoms with Crippen molar-refractivity contribution in [3.05, 3.63) is 12.7 Å². The van der Waals surface area contributed by atoms with Crippen LogP contribution in [0.15, 0.2) is 12.7 Å². The summed E-state index contributed by atoms with van der Waals surface area (Å²) in [7, 11) is 4.15. The zero-order valence-corrected chi connectivity index (χ0v) is 8.03. The van der Waals surface area contributed by atoms with Crippen molar-refractivity contribution in [2.45, 2.75) is 5.97 Å². The second kappa shape index (κ2) is 5.69. The maximum Gasteiger partial charge on any atom is 0.330 e. The van der Waals surface area contributed by atoms with Crippen LogP contribution in [0.4, 0.5) is 0 Å². The summed E-state index contributed by atoms with van der Waals surface area (Å²) in [4.78, 5) is 10.7. The van der Waals surface area contributed by atoms with E-state index in [0.29, 0.717) is 0 Å². The van der Waals surface area contributed by atoms with Crippen molar-refractivity contribution in [3.8, 4) is 0 Å². The van der Waals surface area contributed by atoms with Gasteiger partial charge in [0.15, 0.2) is 6.61 Å². The van der Waals surface area contributed by atoms with Gasteiger partial charge in [0.1, 0.15) is 0 Å². The molecule has 0 aromatic carbocycles. The van der Waals surface area contributed by atoms with Gasteiger partial charge >= 0.3 is 11.9 Å². The van der Waals surface area contributed by atoms with Crippen LogP contribution < -0.4 is 0 Å². The molecule has 0 aliphatic heterocycles. The number of rotatable bonds is 6. The van der Waals surface area contributed by atoms with Crippen molar-refractivity contribution in [3.63, 3.8) is 0 Å². The predicted octanol–water partition coefficient (Wildman–Crippen LogP) is 0.309. The molecule has 0 atom stereocenters. The maximum absolute atomic E-state index is 10.7. The van der Waals surface area contributed by atoms with Crippen molar-refractivity contribution in [2.24, 2.45) is 0 Å². The van der Waals surface area contributed by atoms with Crippen molar-refractivity contribution in [2.75, 3.05) is 27.9 Å². The van der Waals surface area contributed by atoms with Gasteiger partial charge in [-0.25, -0.2) is 4.79 Å². The average Bonchev–Trinajstić information content (AvgIpc) is 2.20. The van der Waals surface area contributed by atoms with E-state index in [9.17, 15) is 4.79 Å². The highest BCUT2D eigenvalue weighted by Gasteiger charge is 2.31. The summed E-state index contributed by atoms with van der Waals surface area (Å²) in [5, 5.41) is 0. The molecule has 0 aromatic rings. The van der Waals surface area contributed by atoms with E-state index >= 15 is 0 Å². The number of ether oxygens (including phenoxy) is 4. The molecule has 0 spiro atoms. The Morgan fingerprint density at radius 1 is 1.31 bits per heavy atom. The van der Waals surface area contributed by atoms with Crippen LogP contribution in [-0.4, -0.2) is 39.9 Å². The van der Waals surface area contributed by atoms with E-state index in [4.69, 9.17) is 18.9 Å². The van der Waals surface area contributed by atoms with Gasteiger partial charge in [0.25, 0.3) is 0 Å². The van der Waals surface area contributed by atoms with Crippen LogP contribution in [-0.2, 0) is 23.7 Å². The van der Waals surface area contributed by atoms with Crippen LogP contribution in [0.3, 0.4) is 0 Å². The number of methoxy groups -OCH3 is 3. The summed E-state index contributed by atoms with van der Waals surface area (Å²) in [6.45, 7) is 3.09. The molecule has 76 valence electrons. The second-order valence-corrected chi connectivity index (χ2v) is 2.11. The highest BCUT2D eigenvalue weighted by atomic mass is 16.9. The van der Waals surface area contributed by atoms with E-state index in [-0.39, 0.29) is 6.61 Å². The van der Waals surface area contributed by atoms with Gasteiger partial charge in [-0.1, -0.05) is 6.58 Å². The van der Waals surface area contributed by atoms with Gasteiger partial charge in [-0.05, 0) is 0 Å². The summed E-state index contributed by atoms with van der Waals surface area (Å²) in [5.41, 5.74) is 0. The predicted molar refractivity (Wildman–Crippen MR) is 44.9 cm³/mol. The second-order valence-electron chi connectivity index (χ2n) is 2.11. The van der Waals surface area contributed by atoms with Gasteiger partial charge in [-0.3, -0.25) is 0 Å². The first-order chi connectivity index (χ1) is 6.14. The fraction of sp³-hybridized carbons (Fsp3) is 0.625. The van der Waals surface area contributed by atoms with Crippen LogP contribution in [0.25, 0.3) is 0 Å². The van der Waals surface area contributed by atoms with Crippen LogP contribution in [0, 0.1) is 0 Å². The lowest BCUT2D eigenvalue weighted by atomic mass is 10.5. The summed E-state index contributed by atoms with van der Waals surface area (Å²) in [6, 6.07) is 0. The van der Waals surface area contributed by atoms with Gasteiger partial charge < -0.3 is 18.9 Å².